The predicted molar refractivity (Wildman–Crippen MR) is 83.6 cm³/mol. The Morgan fingerprint density at radius 3 is 2.81 bits per heavy atom. The van der Waals surface area contributed by atoms with Gasteiger partial charge >= 0.3 is 5.97 Å². The Morgan fingerprint density at radius 1 is 1.38 bits per heavy atom. The van der Waals surface area contributed by atoms with Crippen LogP contribution in [0.1, 0.15) is 57.7 Å². The van der Waals surface area contributed by atoms with Crippen molar-refractivity contribution in [1.82, 2.24) is 14.8 Å². The minimum Gasteiger partial charge on any atom is -0.481 e. The summed E-state index contributed by atoms with van der Waals surface area (Å²) < 4.78 is 2.13. The second-order valence-corrected chi connectivity index (χ2v) is 6.72. The highest BCUT2D eigenvalue weighted by Crippen LogP contribution is 2.29. The lowest BCUT2D eigenvalue weighted by Crippen LogP contribution is -2.08. The van der Waals surface area contributed by atoms with Gasteiger partial charge in [-0.3, -0.25) is 4.79 Å². The molecule has 1 N–H and O–H groups in total. The molecule has 2 rings (SSSR count). The molecule has 0 spiro atoms. The third-order valence-corrected chi connectivity index (χ3v) is 5.01. The van der Waals surface area contributed by atoms with E-state index >= 15 is 0 Å². The Labute approximate surface area is 130 Å². The van der Waals surface area contributed by atoms with Crippen LogP contribution in [-0.4, -0.2) is 31.6 Å². The van der Waals surface area contributed by atoms with E-state index in [1.807, 2.05) is 0 Å². The number of thioether (sulfide) groups is 1. The lowest BCUT2D eigenvalue weighted by molar-refractivity contribution is -0.133. The zero-order valence-electron chi connectivity index (χ0n) is 12.8. The first-order chi connectivity index (χ1) is 10.2. The monoisotopic (exact) mass is 311 g/mol. The van der Waals surface area contributed by atoms with Gasteiger partial charge in [0.15, 0.2) is 5.16 Å². The lowest BCUT2D eigenvalue weighted by Gasteiger charge is -2.12. The van der Waals surface area contributed by atoms with Crippen LogP contribution in [-0.2, 0) is 17.8 Å². The second-order valence-electron chi connectivity index (χ2n) is 5.78. The molecule has 6 heteroatoms. The van der Waals surface area contributed by atoms with Crippen molar-refractivity contribution in [3.8, 4) is 0 Å². The molecule has 0 saturated heterocycles. The maximum atomic E-state index is 10.7. The van der Waals surface area contributed by atoms with Crippen molar-refractivity contribution in [3.63, 3.8) is 0 Å². The topological polar surface area (TPSA) is 68.0 Å². The third-order valence-electron chi connectivity index (χ3n) is 4.06. The van der Waals surface area contributed by atoms with Gasteiger partial charge in [0.05, 0.1) is 5.75 Å². The highest BCUT2D eigenvalue weighted by molar-refractivity contribution is 7.99. The largest absolute Gasteiger partial charge is 0.481 e. The molecule has 1 heterocycles. The fraction of sp³-hybridized carbons (Fsp3) is 0.800. The molecule has 1 aliphatic carbocycles. The van der Waals surface area contributed by atoms with Crippen LogP contribution in [0.5, 0.6) is 0 Å². The van der Waals surface area contributed by atoms with E-state index < -0.39 is 5.97 Å². The summed E-state index contributed by atoms with van der Waals surface area (Å²) in [7, 11) is 0. The third kappa shape index (κ3) is 5.02. The van der Waals surface area contributed by atoms with E-state index in [2.05, 4.69) is 21.7 Å². The van der Waals surface area contributed by atoms with Crippen LogP contribution in [0.25, 0.3) is 0 Å². The van der Waals surface area contributed by atoms with Gasteiger partial charge in [-0.05, 0) is 25.2 Å². The Bertz CT molecular complexity index is 456. The quantitative estimate of drug-likeness (QED) is 0.708. The Balaban J connectivity index is 1.92. The minimum absolute atomic E-state index is 0.0485. The van der Waals surface area contributed by atoms with Crippen LogP contribution in [0, 0.1) is 5.92 Å². The molecule has 0 radical (unpaired) electrons. The molecular formula is C15H25N3O2S. The number of aromatic nitrogens is 3. The average molecular weight is 311 g/mol. The number of carboxylic acids is 1. The van der Waals surface area contributed by atoms with Gasteiger partial charge in [-0.25, -0.2) is 0 Å². The molecule has 0 bridgehead atoms. The van der Waals surface area contributed by atoms with Gasteiger partial charge in [0, 0.05) is 13.0 Å². The highest BCUT2D eigenvalue weighted by Gasteiger charge is 2.16. The zero-order chi connectivity index (χ0) is 15.1. The van der Waals surface area contributed by atoms with Crippen LogP contribution in [0.3, 0.4) is 0 Å². The Hall–Kier alpha value is -1.04. The number of carbonyl (C=O) groups is 1. The number of rotatable bonds is 9. The van der Waals surface area contributed by atoms with Gasteiger partial charge in [0.25, 0.3) is 0 Å². The summed E-state index contributed by atoms with van der Waals surface area (Å²) in [6, 6.07) is 0. The van der Waals surface area contributed by atoms with Gasteiger partial charge < -0.3 is 9.67 Å². The molecule has 1 aromatic heterocycles. The van der Waals surface area contributed by atoms with E-state index in [-0.39, 0.29) is 5.75 Å². The van der Waals surface area contributed by atoms with Crippen molar-refractivity contribution in [2.45, 2.75) is 70.0 Å². The molecule has 1 saturated carbocycles. The molecule has 1 fully saturated rings. The first-order valence-electron chi connectivity index (χ1n) is 7.97. The van der Waals surface area contributed by atoms with Gasteiger partial charge in [-0.1, -0.05) is 44.4 Å². The maximum Gasteiger partial charge on any atom is 0.313 e. The fourth-order valence-electron chi connectivity index (χ4n) is 3.02. The van der Waals surface area contributed by atoms with E-state index in [4.69, 9.17) is 5.11 Å². The predicted octanol–water partition coefficient (Wildman–Crippen LogP) is 3.38. The average Bonchev–Trinajstić information content (AvgIpc) is 3.08. The molecule has 21 heavy (non-hydrogen) atoms. The molecule has 1 aliphatic rings. The summed E-state index contributed by atoms with van der Waals surface area (Å²) in [5.41, 5.74) is 0. The first kappa shape index (κ1) is 16.3. The van der Waals surface area contributed by atoms with Crippen molar-refractivity contribution >= 4 is 17.7 Å². The lowest BCUT2D eigenvalue weighted by atomic mass is 10.0. The van der Waals surface area contributed by atoms with Gasteiger partial charge in [0.2, 0.25) is 0 Å². The minimum atomic E-state index is -0.808. The maximum absolute atomic E-state index is 10.7. The van der Waals surface area contributed by atoms with E-state index in [0.717, 1.165) is 42.7 Å². The number of aryl methyl sites for hydroxylation is 1. The van der Waals surface area contributed by atoms with Crippen molar-refractivity contribution in [2.24, 2.45) is 5.92 Å². The molecule has 1 aromatic rings. The van der Waals surface area contributed by atoms with Crippen molar-refractivity contribution < 1.29 is 9.90 Å². The molecule has 0 unspecified atom stereocenters. The van der Waals surface area contributed by atoms with Crippen molar-refractivity contribution in [3.05, 3.63) is 5.82 Å². The number of aliphatic carboxylic acids is 1. The highest BCUT2D eigenvalue weighted by atomic mass is 32.2. The molecule has 0 amide bonds. The first-order valence-corrected chi connectivity index (χ1v) is 8.96. The van der Waals surface area contributed by atoms with E-state index in [1.54, 1.807) is 0 Å². The summed E-state index contributed by atoms with van der Waals surface area (Å²) in [4.78, 5) is 10.7. The molecule has 0 atom stereocenters. The number of hydrogen-bond acceptors (Lipinski definition) is 4. The van der Waals surface area contributed by atoms with Gasteiger partial charge in [0.1, 0.15) is 5.82 Å². The molecule has 0 aromatic carbocycles. The molecule has 118 valence electrons. The fourth-order valence-corrected chi connectivity index (χ4v) is 3.73. The summed E-state index contributed by atoms with van der Waals surface area (Å²) in [5.74, 6) is 1.13. The molecular weight excluding hydrogens is 286 g/mol. The smallest absolute Gasteiger partial charge is 0.313 e. The second kappa shape index (κ2) is 8.41. The molecule has 0 aliphatic heterocycles. The summed E-state index contributed by atoms with van der Waals surface area (Å²) in [6.45, 7) is 3.04. The SMILES string of the molecule is CCCc1nnc(SCC(=O)O)n1CCCC1CCCC1. The van der Waals surface area contributed by atoms with Crippen molar-refractivity contribution in [1.29, 1.82) is 0 Å². The van der Waals surface area contributed by atoms with E-state index in [9.17, 15) is 4.79 Å². The standard InChI is InChI=1S/C15H25N3O2S/c1-2-6-13-16-17-15(21-11-14(19)20)18(13)10-5-9-12-7-3-4-8-12/h12H,2-11H2,1H3,(H,19,20). The summed E-state index contributed by atoms with van der Waals surface area (Å²) in [5, 5.41) is 18.0. The van der Waals surface area contributed by atoms with Crippen LogP contribution < -0.4 is 0 Å². The number of hydrogen-bond donors (Lipinski definition) is 1. The summed E-state index contributed by atoms with van der Waals surface area (Å²) >= 11 is 1.27. The van der Waals surface area contributed by atoms with Gasteiger partial charge in [-0.15, -0.1) is 10.2 Å². The number of nitrogens with zero attached hydrogens (tertiary/aromatic N) is 3. The van der Waals surface area contributed by atoms with Crippen molar-refractivity contribution in [2.75, 3.05) is 5.75 Å². The van der Waals surface area contributed by atoms with E-state index in [0.29, 0.717) is 0 Å². The Morgan fingerprint density at radius 2 is 2.14 bits per heavy atom. The summed E-state index contributed by atoms with van der Waals surface area (Å²) in [6.07, 6.45) is 9.88. The zero-order valence-corrected chi connectivity index (χ0v) is 13.6. The van der Waals surface area contributed by atoms with Crippen LogP contribution in [0.2, 0.25) is 0 Å². The number of carboxylic acid groups (broad SMARTS) is 1. The van der Waals surface area contributed by atoms with E-state index in [1.165, 1.54) is 43.9 Å². The van der Waals surface area contributed by atoms with Crippen LogP contribution >= 0.6 is 11.8 Å². The Kier molecular flexibility index (Phi) is 6.54. The van der Waals surface area contributed by atoms with Crippen LogP contribution in [0.15, 0.2) is 5.16 Å². The van der Waals surface area contributed by atoms with Crippen LogP contribution in [0.4, 0.5) is 0 Å². The normalized spacial score (nSPS) is 15.7. The molecule has 5 nitrogen and oxygen atoms in total. The van der Waals surface area contributed by atoms with Gasteiger partial charge in [-0.2, -0.15) is 0 Å².